The van der Waals surface area contributed by atoms with Gasteiger partial charge in [-0.3, -0.25) is 4.90 Å². The van der Waals surface area contributed by atoms with E-state index in [9.17, 15) is 0 Å². The summed E-state index contributed by atoms with van der Waals surface area (Å²) in [5, 5.41) is 3.40. The number of hydrogen-bond acceptors (Lipinski definition) is 2. The molecule has 80 valence electrons. The van der Waals surface area contributed by atoms with Crippen LogP contribution in [0.4, 0.5) is 0 Å². The quantitative estimate of drug-likeness (QED) is 0.733. The Balaban J connectivity index is 0.000000720. The molecule has 0 unspecified atom stereocenters. The molecule has 0 radical (unpaired) electrons. The van der Waals surface area contributed by atoms with Gasteiger partial charge in [-0.1, -0.05) is 12.8 Å². The molecule has 1 saturated carbocycles. The van der Waals surface area contributed by atoms with Crippen LogP contribution in [0.1, 0.15) is 25.7 Å². The summed E-state index contributed by atoms with van der Waals surface area (Å²) in [6, 6.07) is 0.942. The second-order valence-electron chi connectivity index (χ2n) is 3.72. The highest BCUT2D eigenvalue weighted by atomic mass is 35.5. The van der Waals surface area contributed by atoms with Crippen molar-refractivity contribution in [1.29, 1.82) is 0 Å². The molecule has 2 fully saturated rings. The van der Waals surface area contributed by atoms with Gasteiger partial charge >= 0.3 is 0 Å². The zero-order valence-corrected chi connectivity index (χ0v) is 9.63. The van der Waals surface area contributed by atoms with Crippen molar-refractivity contribution in [2.75, 3.05) is 26.2 Å². The lowest BCUT2D eigenvalue weighted by Gasteiger charge is -2.32. The molecule has 1 heterocycles. The Hall–Kier alpha value is 0.500. The van der Waals surface area contributed by atoms with Crippen LogP contribution in [0.3, 0.4) is 0 Å². The molecule has 2 aliphatic rings. The minimum absolute atomic E-state index is 0. The second-order valence-corrected chi connectivity index (χ2v) is 3.72. The number of hydrogen-bond donors (Lipinski definition) is 1. The molecule has 0 amide bonds. The predicted molar refractivity (Wildman–Crippen MR) is 61.2 cm³/mol. The molecule has 2 rings (SSSR count). The highest BCUT2D eigenvalue weighted by Crippen LogP contribution is 2.23. The van der Waals surface area contributed by atoms with Crippen molar-refractivity contribution in [3.8, 4) is 0 Å². The molecule has 0 aromatic heterocycles. The molecule has 2 nitrogen and oxygen atoms in total. The fourth-order valence-corrected chi connectivity index (χ4v) is 2.32. The van der Waals surface area contributed by atoms with E-state index in [-0.39, 0.29) is 24.8 Å². The van der Waals surface area contributed by atoms with E-state index in [0.29, 0.717) is 0 Å². The molecule has 0 bridgehead atoms. The SMILES string of the molecule is C1CCC(N2CCNCC2)C1.Cl.Cl. The Bertz CT molecular complexity index is 121. The van der Waals surface area contributed by atoms with E-state index < -0.39 is 0 Å². The van der Waals surface area contributed by atoms with Crippen LogP contribution in [-0.4, -0.2) is 37.1 Å². The molecule has 1 aliphatic carbocycles. The molecule has 0 atom stereocenters. The maximum atomic E-state index is 3.40. The second kappa shape index (κ2) is 6.88. The van der Waals surface area contributed by atoms with Crippen LogP contribution in [0.25, 0.3) is 0 Å². The number of nitrogens with zero attached hydrogens (tertiary/aromatic N) is 1. The molecule has 0 aromatic carbocycles. The number of rotatable bonds is 1. The van der Waals surface area contributed by atoms with Crippen LogP contribution in [-0.2, 0) is 0 Å². The van der Waals surface area contributed by atoms with Gasteiger partial charge in [-0.2, -0.15) is 0 Å². The zero-order chi connectivity index (χ0) is 7.52. The summed E-state index contributed by atoms with van der Waals surface area (Å²) in [4.78, 5) is 2.67. The molecule has 13 heavy (non-hydrogen) atoms. The Morgan fingerprint density at radius 2 is 1.46 bits per heavy atom. The summed E-state index contributed by atoms with van der Waals surface area (Å²) >= 11 is 0. The number of piperazine rings is 1. The fraction of sp³-hybridized carbons (Fsp3) is 1.00. The molecular formula is C9H20Cl2N2. The first-order chi connectivity index (χ1) is 5.47. The lowest BCUT2D eigenvalue weighted by Crippen LogP contribution is -2.47. The lowest BCUT2D eigenvalue weighted by atomic mass is 10.2. The molecule has 1 aliphatic heterocycles. The molecule has 0 aromatic rings. The van der Waals surface area contributed by atoms with Crippen LogP contribution in [0.5, 0.6) is 0 Å². The van der Waals surface area contributed by atoms with Crippen molar-refractivity contribution in [2.24, 2.45) is 0 Å². The van der Waals surface area contributed by atoms with Gasteiger partial charge in [-0.25, -0.2) is 0 Å². The van der Waals surface area contributed by atoms with Crippen LogP contribution in [0, 0.1) is 0 Å². The summed E-state index contributed by atoms with van der Waals surface area (Å²) in [5.41, 5.74) is 0. The minimum atomic E-state index is 0. The molecule has 1 N–H and O–H groups in total. The van der Waals surface area contributed by atoms with E-state index in [1.807, 2.05) is 0 Å². The van der Waals surface area contributed by atoms with Gasteiger partial charge in [0.25, 0.3) is 0 Å². The van der Waals surface area contributed by atoms with E-state index >= 15 is 0 Å². The Kier molecular flexibility index (Phi) is 7.15. The van der Waals surface area contributed by atoms with Gasteiger partial charge in [0.05, 0.1) is 0 Å². The Morgan fingerprint density at radius 1 is 0.923 bits per heavy atom. The van der Waals surface area contributed by atoms with Gasteiger partial charge in [0.15, 0.2) is 0 Å². The van der Waals surface area contributed by atoms with E-state index in [2.05, 4.69) is 10.2 Å². The van der Waals surface area contributed by atoms with E-state index in [1.54, 1.807) is 0 Å². The summed E-state index contributed by atoms with van der Waals surface area (Å²) in [6.45, 7) is 4.97. The number of nitrogens with one attached hydrogen (secondary N) is 1. The monoisotopic (exact) mass is 226 g/mol. The van der Waals surface area contributed by atoms with Crippen molar-refractivity contribution in [2.45, 2.75) is 31.7 Å². The van der Waals surface area contributed by atoms with Crippen LogP contribution in [0.2, 0.25) is 0 Å². The van der Waals surface area contributed by atoms with Crippen molar-refractivity contribution < 1.29 is 0 Å². The van der Waals surface area contributed by atoms with Gasteiger partial charge in [0.1, 0.15) is 0 Å². The van der Waals surface area contributed by atoms with Crippen molar-refractivity contribution >= 4 is 24.8 Å². The van der Waals surface area contributed by atoms with Gasteiger partial charge < -0.3 is 5.32 Å². The topological polar surface area (TPSA) is 15.3 Å². The first-order valence-electron chi connectivity index (χ1n) is 4.91. The zero-order valence-electron chi connectivity index (χ0n) is 8.00. The molecular weight excluding hydrogens is 207 g/mol. The largest absolute Gasteiger partial charge is 0.314 e. The van der Waals surface area contributed by atoms with Gasteiger partial charge in [-0.15, -0.1) is 24.8 Å². The predicted octanol–water partition coefficient (Wildman–Crippen LogP) is 1.68. The summed E-state index contributed by atoms with van der Waals surface area (Å²) < 4.78 is 0. The Labute approximate surface area is 93.3 Å². The average molecular weight is 227 g/mol. The van der Waals surface area contributed by atoms with E-state index in [0.717, 1.165) is 6.04 Å². The number of halogens is 2. The average Bonchev–Trinajstić information content (AvgIpc) is 2.58. The van der Waals surface area contributed by atoms with Crippen LogP contribution in [0.15, 0.2) is 0 Å². The van der Waals surface area contributed by atoms with Crippen LogP contribution < -0.4 is 5.32 Å². The highest BCUT2D eigenvalue weighted by Gasteiger charge is 2.22. The third kappa shape index (κ3) is 3.62. The third-order valence-electron chi connectivity index (χ3n) is 2.99. The van der Waals surface area contributed by atoms with Crippen LogP contribution >= 0.6 is 24.8 Å². The molecule has 4 heteroatoms. The lowest BCUT2D eigenvalue weighted by molar-refractivity contribution is 0.175. The maximum Gasteiger partial charge on any atom is 0.0110 e. The molecule has 0 spiro atoms. The van der Waals surface area contributed by atoms with Crippen molar-refractivity contribution in [1.82, 2.24) is 10.2 Å². The van der Waals surface area contributed by atoms with Gasteiger partial charge in [0.2, 0.25) is 0 Å². The molecule has 1 saturated heterocycles. The highest BCUT2D eigenvalue weighted by molar-refractivity contribution is 5.85. The smallest absolute Gasteiger partial charge is 0.0110 e. The van der Waals surface area contributed by atoms with E-state index in [1.165, 1.54) is 51.9 Å². The summed E-state index contributed by atoms with van der Waals surface area (Å²) in [5.74, 6) is 0. The Morgan fingerprint density at radius 3 is 2.00 bits per heavy atom. The first-order valence-corrected chi connectivity index (χ1v) is 4.91. The van der Waals surface area contributed by atoms with Gasteiger partial charge in [0, 0.05) is 32.2 Å². The van der Waals surface area contributed by atoms with Crippen molar-refractivity contribution in [3.05, 3.63) is 0 Å². The standard InChI is InChI=1S/C9H18N2.2ClH/c1-2-4-9(3-1)11-7-5-10-6-8-11;;/h9-10H,1-8H2;2*1H. The minimum Gasteiger partial charge on any atom is -0.314 e. The third-order valence-corrected chi connectivity index (χ3v) is 2.99. The maximum absolute atomic E-state index is 3.40. The van der Waals surface area contributed by atoms with Crippen molar-refractivity contribution in [3.63, 3.8) is 0 Å². The fourth-order valence-electron chi connectivity index (χ4n) is 2.32. The summed E-state index contributed by atoms with van der Waals surface area (Å²) in [7, 11) is 0. The first kappa shape index (κ1) is 13.5. The van der Waals surface area contributed by atoms with E-state index in [4.69, 9.17) is 0 Å². The normalized spacial score (nSPS) is 24.9. The summed E-state index contributed by atoms with van der Waals surface area (Å²) in [6.07, 6.45) is 5.85. The van der Waals surface area contributed by atoms with Gasteiger partial charge in [-0.05, 0) is 12.8 Å².